The number of carbonyl (C=O) groups is 1. The summed E-state index contributed by atoms with van der Waals surface area (Å²) in [6.07, 6.45) is 0. The maximum absolute atomic E-state index is 12.4. The molecule has 7 heteroatoms. The molecule has 148 valence electrons. The van der Waals surface area contributed by atoms with Gasteiger partial charge in [-0.15, -0.1) is 0 Å². The fraction of sp³-hybridized carbons (Fsp3) is 0.364. The summed E-state index contributed by atoms with van der Waals surface area (Å²) in [6, 6.07) is 18.5. The van der Waals surface area contributed by atoms with Gasteiger partial charge in [0.05, 0.1) is 11.7 Å². The first-order chi connectivity index (χ1) is 14.1. The largest absolute Gasteiger partial charge is 0.339 e. The van der Waals surface area contributed by atoms with Gasteiger partial charge in [0.2, 0.25) is 11.9 Å². The van der Waals surface area contributed by atoms with Crippen molar-refractivity contribution in [2.75, 3.05) is 24.5 Å². The topological polar surface area (TPSA) is 67.2 Å². The normalized spacial score (nSPS) is 23.4. The third-order valence-electron chi connectivity index (χ3n) is 6.31. The van der Waals surface area contributed by atoms with Gasteiger partial charge < -0.3 is 9.80 Å². The second-order valence-electron chi connectivity index (χ2n) is 8.03. The zero-order chi connectivity index (χ0) is 20.0. The Labute approximate surface area is 169 Å². The number of para-hydroxylation sites is 1. The van der Waals surface area contributed by atoms with Gasteiger partial charge in [-0.2, -0.15) is 4.68 Å². The van der Waals surface area contributed by atoms with Crippen molar-refractivity contribution < 1.29 is 4.79 Å². The van der Waals surface area contributed by atoms with E-state index in [1.807, 2.05) is 30.3 Å². The molecule has 0 aliphatic carbocycles. The van der Waals surface area contributed by atoms with Crippen LogP contribution in [0, 0.1) is 18.8 Å². The highest BCUT2D eigenvalue weighted by atomic mass is 16.2. The van der Waals surface area contributed by atoms with E-state index in [1.165, 1.54) is 11.1 Å². The van der Waals surface area contributed by atoms with Gasteiger partial charge in [0.1, 0.15) is 0 Å². The van der Waals surface area contributed by atoms with Gasteiger partial charge in [-0.1, -0.05) is 47.6 Å². The molecule has 2 aromatic carbocycles. The summed E-state index contributed by atoms with van der Waals surface area (Å²) in [4.78, 5) is 16.7. The predicted octanol–water partition coefficient (Wildman–Crippen LogP) is 2.63. The molecule has 2 fully saturated rings. The zero-order valence-electron chi connectivity index (χ0n) is 16.6. The summed E-state index contributed by atoms with van der Waals surface area (Å²) < 4.78 is 1.80. The highest BCUT2D eigenvalue weighted by molar-refractivity contribution is 5.74. The minimum Gasteiger partial charge on any atom is -0.339 e. The Kier molecular flexibility index (Phi) is 4.30. The van der Waals surface area contributed by atoms with Crippen LogP contribution >= 0.6 is 0 Å². The summed E-state index contributed by atoms with van der Waals surface area (Å²) in [6.45, 7) is 6.27. The number of hydrogen-bond acceptors (Lipinski definition) is 5. The third kappa shape index (κ3) is 2.97. The molecule has 0 N–H and O–H groups in total. The van der Waals surface area contributed by atoms with Gasteiger partial charge in [-0.05, 0) is 40.6 Å². The minimum absolute atomic E-state index is 0.102. The lowest BCUT2D eigenvalue weighted by Gasteiger charge is -2.30. The molecule has 0 saturated carbocycles. The lowest BCUT2D eigenvalue weighted by molar-refractivity contribution is -0.130. The minimum atomic E-state index is 0.102. The van der Waals surface area contributed by atoms with Gasteiger partial charge in [-0.25, -0.2) is 0 Å². The van der Waals surface area contributed by atoms with Crippen molar-refractivity contribution in [2.45, 2.75) is 19.9 Å². The summed E-state index contributed by atoms with van der Waals surface area (Å²) in [5.41, 5.74) is 3.43. The molecule has 2 aliphatic heterocycles. The molecular formula is C22H24N6O. The van der Waals surface area contributed by atoms with E-state index >= 15 is 0 Å². The van der Waals surface area contributed by atoms with Crippen molar-refractivity contribution in [1.29, 1.82) is 0 Å². The van der Waals surface area contributed by atoms with Crippen molar-refractivity contribution in [3.8, 4) is 5.69 Å². The van der Waals surface area contributed by atoms with Crippen molar-refractivity contribution in [3.63, 3.8) is 0 Å². The van der Waals surface area contributed by atoms with E-state index in [-0.39, 0.29) is 11.9 Å². The van der Waals surface area contributed by atoms with Crippen LogP contribution in [0.4, 0.5) is 5.95 Å². The van der Waals surface area contributed by atoms with Gasteiger partial charge in [0.15, 0.2) is 0 Å². The van der Waals surface area contributed by atoms with Crippen LogP contribution in [-0.2, 0) is 4.79 Å². The van der Waals surface area contributed by atoms with E-state index in [2.05, 4.69) is 56.5 Å². The third-order valence-corrected chi connectivity index (χ3v) is 6.31. The number of tetrazole rings is 1. The van der Waals surface area contributed by atoms with E-state index in [1.54, 1.807) is 11.6 Å². The van der Waals surface area contributed by atoms with Crippen LogP contribution in [0.15, 0.2) is 54.6 Å². The first-order valence-electron chi connectivity index (χ1n) is 10.0. The first-order valence-corrected chi connectivity index (χ1v) is 10.0. The molecule has 7 nitrogen and oxygen atoms in total. The van der Waals surface area contributed by atoms with Gasteiger partial charge >= 0.3 is 0 Å². The molecule has 1 amide bonds. The number of amides is 1. The number of benzene rings is 2. The van der Waals surface area contributed by atoms with Crippen LogP contribution in [0.2, 0.25) is 0 Å². The number of rotatable bonds is 3. The molecule has 3 aromatic rings. The van der Waals surface area contributed by atoms with Crippen molar-refractivity contribution in [2.24, 2.45) is 11.8 Å². The Morgan fingerprint density at radius 1 is 1.00 bits per heavy atom. The van der Waals surface area contributed by atoms with Crippen molar-refractivity contribution in [3.05, 3.63) is 65.7 Å². The average molecular weight is 388 g/mol. The van der Waals surface area contributed by atoms with E-state index in [0.29, 0.717) is 11.8 Å². The summed E-state index contributed by atoms with van der Waals surface area (Å²) >= 11 is 0. The second-order valence-corrected chi connectivity index (χ2v) is 8.03. The molecule has 0 bridgehead atoms. The van der Waals surface area contributed by atoms with E-state index < -0.39 is 0 Å². The number of likely N-dealkylation sites (tertiary alicyclic amines) is 1. The highest BCUT2D eigenvalue weighted by Crippen LogP contribution is 2.46. The molecule has 2 saturated heterocycles. The first kappa shape index (κ1) is 17.8. The standard InChI is InChI=1S/C22H24N6O/c1-15-8-6-7-11-19(15)21-20-14-26(12-17(20)13-27(21)16(2)29)22-23-24-25-28(22)18-9-4-3-5-10-18/h3-11,17,20-21H,12-14H2,1-2H3/t17-,20-,21+/m1/s1. The summed E-state index contributed by atoms with van der Waals surface area (Å²) in [5, 5.41) is 12.5. The van der Waals surface area contributed by atoms with E-state index in [4.69, 9.17) is 0 Å². The number of carbonyl (C=O) groups excluding carboxylic acids is 1. The SMILES string of the molecule is CC(=O)N1C[C@H]2CN(c3nnnn3-c3ccccc3)C[C@H]2[C@@H]1c1ccccc1C. The predicted molar refractivity (Wildman–Crippen MR) is 110 cm³/mol. The lowest BCUT2D eigenvalue weighted by Crippen LogP contribution is -2.35. The van der Waals surface area contributed by atoms with Crippen LogP contribution < -0.4 is 4.90 Å². The van der Waals surface area contributed by atoms with Crippen molar-refractivity contribution in [1.82, 2.24) is 25.1 Å². The van der Waals surface area contributed by atoms with Crippen LogP contribution in [0.5, 0.6) is 0 Å². The fourth-order valence-corrected chi connectivity index (χ4v) is 4.97. The Morgan fingerprint density at radius 3 is 2.52 bits per heavy atom. The molecule has 29 heavy (non-hydrogen) atoms. The molecule has 0 radical (unpaired) electrons. The van der Waals surface area contributed by atoms with Crippen LogP contribution in [-0.4, -0.2) is 50.6 Å². The van der Waals surface area contributed by atoms with Crippen LogP contribution in [0.3, 0.4) is 0 Å². The molecule has 2 aliphatic rings. The Bertz CT molecular complexity index is 1030. The molecule has 5 rings (SSSR count). The summed E-state index contributed by atoms with van der Waals surface area (Å²) in [7, 11) is 0. The quantitative estimate of drug-likeness (QED) is 0.690. The van der Waals surface area contributed by atoms with Gasteiger partial charge in [0.25, 0.3) is 0 Å². The molecule has 1 aromatic heterocycles. The zero-order valence-corrected chi connectivity index (χ0v) is 16.6. The van der Waals surface area contributed by atoms with Gasteiger partial charge in [-0.3, -0.25) is 4.79 Å². The van der Waals surface area contributed by atoms with Crippen LogP contribution in [0.1, 0.15) is 24.1 Å². The molecule has 3 atom stereocenters. The summed E-state index contributed by atoms with van der Waals surface area (Å²) in [5.74, 6) is 1.68. The van der Waals surface area contributed by atoms with Crippen molar-refractivity contribution >= 4 is 11.9 Å². The maximum Gasteiger partial charge on any atom is 0.250 e. The number of aryl methyl sites for hydroxylation is 1. The second kappa shape index (κ2) is 6.99. The number of fused-ring (bicyclic) bond motifs is 1. The Morgan fingerprint density at radius 2 is 1.76 bits per heavy atom. The van der Waals surface area contributed by atoms with E-state index in [9.17, 15) is 4.79 Å². The van der Waals surface area contributed by atoms with E-state index in [0.717, 1.165) is 31.3 Å². The fourth-order valence-electron chi connectivity index (χ4n) is 4.97. The number of aromatic nitrogens is 4. The molecule has 0 spiro atoms. The number of anilines is 1. The molecular weight excluding hydrogens is 364 g/mol. The smallest absolute Gasteiger partial charge is 0.250 e. The number of hydrogen-bond donors (Lipinski definition) is 0. The average Bonchev–Trinajstić information content (AvgIpc) is 3.43. The lowest BCUT2D eigenvalue weighted by atomic mass is 9.87. The molecule has 3 heterocycles. The Hall–Kier alpha value is -3.22. The van der Waals surface area contributed by atoms with Gasteiger partial charge in [0, 0.05) is 38.4 Å². The maximum atomic E-state index is 12.4. The Balaban J connectivity index is 1.47. The van der Waals surface area contributed by atoms with Crippen LogP contribution in [0.25, 0.3) is 5.69 Å². The molecule has 0 unspecified atom stereocenters. The monoisotopic (exact) mass is 388 g/mol. The number of nitrogens with zero attached hydrogens (tertiary/aromatic N) is 6. The highest BCUT2D eigenvalue weighted by Gasteiger charge is 2.49.